The number of nitrogens with zero attached hydrogens (tertiary/aromatic N) is 1. The lowest BCUT2D eigenvalue weighted by molar-refractivity contribution is -0.385. The van der Waals surface area contributed by atoms with Crippen molar-refractivity contribution >= 4 is 15.7 Å². The van der Waals surface area contributed by atoms with Crippen LogP contribution in [0.5, 0.6) is 0 Å². The van der Waals surface area contributed by atoms with Crippen LogP contribution in [0.25, 0.3) is 0 Å². The van der Waals surface area contributed by atoms with Crippen LogP contribution >= 0.6 is 0 Å². The van der Waals surface area contributed by atoms with Crippen LogP contribution in [0.2, 0.25) is 0 Å². The van der Waals surface area contributed by atoms with Crippen LogP contribution in [0, 0.1) is 17.0 Å². The first-order chi connectivity index (χ1) is 9.80. The van der Waals surface area contributed by atoms with Crippen molar-refractivity contribution in [3.8, 4) is 0 Å². The Morgan fingerprint density at radius 2 is 2.00 bits per heavy atom. The van der Waals surface area contributed by atoms with E-state index in [-0.39, 0.29) is 17.2 Å². The van der Waals surface area contributed by atoms with Gasteiger partial charge in [-0.15, -0.1) is 0 Å². The Kier molecular flexibility index (Phi) is 4.31. The van der Waals surface area contributed by atoms with E-state index in [9.17, 15) is 23.6 Å². The molecule has 0 aliphatic heterocycles. The molecule has 116 valence electrons. The van der Waals surface area contributed by atoms with E-state index < -0.39 is 20.5 Å². The zero-order valence-electron chi connectivity index (χ0n) is 11.7. The summed E-state index contributed by atoms with van der Waals surface area (Å²) in [5.41, 5.74) is -0.653. The number of rotatable bonds is 5. The lowest BCUT2D eigenvalue weighted by Crippen LogP contribution is -2.49. The molecule has 0 amide bonds. The fourth-order valence-corrected chi connectivity index (χ4v) is 4.41. The fraction of sp³-hybridized carbons (Fsp3) is 0.538. The molecule has 1 fully saturated rings. The van der Waals surface area contributed by atoms with Gasteiger partial charge >= 0.3 is 0 Å². The largest absolute Gasteiger partial charge is 0.394 e. The Morgan fingerprint density at radius 1 is 1.38 bits per heavy atom. The lowest BCUT2D eigenvalue weighted by atomic mass is 10.0. The van der Waals surface area contributed by atoms with Crippen molar-refractivity contribution in [1.29, 1.82) is 0 Å². The molecule has 0 spiro atoms. The summed E-state index contributed by atoms with van der Waals surface area (Å²) < 4.78 is 27.5. The molecule has 1 saturated carbocycles. The minimum absolute atomic E-state index is 0.00725. The number of nitrogens with one attached hydrogen (secondary N) is 1. The minimum atomic E-state index is -3.82. The molecular weight excluding hydrogens is 296 g/mol. The molecule has 7 nitrogen and oxygen atoms in total. The maximum Gasteiger partial charge on any atom is 0.269 e. The third-order valence-corrected chi connectivity index (χ3v) is 5.61. The molecule has 1 aliphatic carbocycles. The summed E-state index contributed by atoms with van der Waals surface area (Å²) in [7, 11) is -3.82. The van der Waals surface area contributed by atoms with E-state index in [1.165, 1.54) is 25.1 Å². The van der Waals surface area contributed by atoms with Gasteiger partial charge in [-0.1, -0.05) is 12.8 Å². The van der Waals surface area contributed by atoms with Gasteiger partial charge in [-0.2, -0.15) is 0 Å². The van der Waals surface area contributed by atoms with E-state index in [1.807, 2.05) is 0 Å². The maximum absolute atomic E-state index is 12.5. The van der Waals surface area contributed by atoms with Crippen molar-refractivity contribution in [1.82, 2.24) is 4.72 Å². The number of sulfonamides is 1. The third-order valence-electron chi connectivity index (χ3n) is 3.87. The van der Waals surface area contributed by atoms with Gasteiger partial charge in [-0.05, 0) is 31.4 Å². The zero-order valence-corrected chi connectivity index (χ0v) is 12.5. The SMILES string of the molecule is Cc1cc([N+](=O)[O-])ccc1S(=O)(=O)NC1(CO)CCCC1. The second kappa shape index (κ2) is 5.70. The van der Waals surface area contributed by atoms with Crippen molar-refractivity contribution in [3.63, 3.8) is 0 Å². The normalized spacial score (nSPS) is 17.8. The van der Waals surface area contributed by atoms with E-state index >= 15 is 0 Å². The summed E-state index contributed by atoms with van der Waals surface area (Å²) in [6.45, 7) is 1.26. The number of nitro benzene ring substituents is 1. The molecule has 2 rings (SSSR count). The number of aryl methyl sites for hydroxylation is 1. The number of aliphatic hydroxyl groups is 1. The van der Waals surface area contributed by atoms with Gasteiger partial charge in [-0.25, -0.2) is 13.1 Å². The third kappa shape index (κ3) is 3.22. The summed E-state index contributed by atoms with van der Waals surface area (Å²) >= 11 is 0. The van der Waals surface area contributed by atoms with Crippen LogP contribution in [-0.2, 0) is 10.0 Å². The van der Waals surface area contributed by atoms with Gasteiger partial charge < -0.3 is 5.11 Å². The smallest absolute Gasteiger partial charge is 0.269 e. The van der Waals surface area contributed by atoms with Crippen LogP contribution < -0.4 is 4.72 Å². The first kappa shape index (κ1) is 15.9. The van der Waals surface area contributed by atoms with Crippen LogP contribution in [0.15, 0.2) is 23.1 Å². The molecule has 0 radical (unpaired) electrons. The van der Waals surface area contributed by atoms with Crippen molar-refractivity contribution < 1.29 is 18.4 Å². The highest BCUT2D eigenvalue weighted by Crippen LogP contribution is 2.31. The molecule has 1 aliphatic rings. The van der Waals surface area contributed by atoms with E-state index in [2.05, 4.69) is 4.72 Å². The number of hydrogen-bond donors (Lipinski definition) is 2. The Bertz CT molecular complexity index is 651. The quantitative estimate of drug-likeness (QED) is 0.632. The molecule has 8 heteroatoms. The summed E-state index contributed by atoms with van der Waals surface area (Å²) in [6, 6.07) is 3.63. The highest BCUT2D eigenvalue weighted by atomic mass is 32.2. The topological polar surface area (TPSA) is 110 Å². The fourth-order valence-electron chi connectivity index (χ4n) is 2.73. The van der Waals surface area contributed by atoms with E-state index in [4.69, 9.17) is 0 Å². The van der Waals surface area contributed by atoms with Crippen molar-refractivity contribution in [2.75, 3.05) is 6.61 Å². The van der Waals surface area contributed by atoms with Gasteiger partial charge in [0.2, 0.25) is 10.0 Å². The van der Waals surface area contributed by atoms with Crippen molar-refractivity contribution in [3.05, 3.63) is 33.9 Å². The zero-order chi connectivity index (χ0) is 15.7. The molecule has 0 heterocycles. The van der Waals surface area contributed by atoms with Gasteiger partial charge in [0, 0.05) is 12.1 Å². The van der Waals surface area contributed by atoms with E-state index in [1.54, 1.807) is 0 Å². The highest BCUT2D eigenvalue weighted by molar-refractivity contribution is 7.89. The maximum atomic E-state index is 12.5. The van der Waals surface area contributed by atoms with Gasteiger partial charge in [0.15, 0.2) is 0 Å². The molecule has 2 N–H and O–H groups in total. The van der Waals surface area contributed by atoms with Gasteiger partial charge in [-0.3, -0.25) is 10.1 Å². The predicted molar refractivity (Wildman–Crippen MR) is 76.4 cm³/mol. The van der Waals surface area contributed by atoms with Crippen LogP contribution in [0.1, 0.15) is 31.2 Å². The highest BCUT2D eigenvalue weighted by Gasteiger charge is 2.37. The Labute approximate surface area is 123 Å². The first-order valence-electron chi connectivity index (χ1n) is 6.70. The Hall–Kier alpha value is -1.51. The second-order valence-electron chi connectivity index (χ2n) is 5.46. The molecule has 0 atom stereocenters. The summed E-state index contributed by atoms with van der Waals surface area (Å²) in [4.78, 5) is 10.1. The van der Waals surface area contributed by atoms with E-state index in [0.717, 1.165) is 12.8 Å². The number of hydrogen-bond acceptors (Lipinski definition) is 5. The van der Waals surface area contributed by atoms with Crippen LogP contribution in [0.4, 0.5) is 5.69 Å². The monoisotopic (exact) mass is 314 g/mol. The molecule has 0 saturated heterocycles. The first-order valence-corrected chi connectivity index (χ1v) is 8.18. The van der Waals surface area contributed by atoms with Crippen molar-refractivity contribution in [2.45, 2.75) is 43.0 Å². The standard InChI is InChI=1S/C13H18N2O5S/c1-10-8-11(15(17)18)4-5-12(10)21(19,20)14-13(9-16)6-2-3-7-13/h4-5,8,14,16H,2-3,6-7,9H2,1H3. The predicted octanol–water partition coefficient (Wildman–Crippen LogP) is 1.49. The van der Waals surface area contributed by atoms with Crippen molar-refractivity contribution in [2.24, 2.45) is 0 Å². The number of nitro groups is 1. The van der Waals surface area contributed by atoms with Gasteiger partial charge in [0.25, 0.3) is 5.69 Å². The molecule has 1 aromatic rings. The van der Waals surface area contributed by atoms with Gasteiger partial charge in [0.05, 0.1) is 22.0 Å². The van der Waals surface area contributed by atoms with Crippen LogP contribution in [0.3, 0.4) is 0 Å². The average molecular weight is 314 g/mol. The molecule has 0 bridgehead atoms. The summed E-state index contributed by atoms with van der Waals surface area (Å²) in [5, 5.41) is 20.2. The van der Waals surface area contributed by atoms with E-state index in [0.29, 0.717) is 18.4 Å². The second-order valence-corrected chi connectivity index (χ2v) is 7.11. The number of aliphatic hydroxyl groups excluding tert-OH is 1. The Balaban J connectivity index is 2.33. The van der Waals surface area contributed by atoms with Gasteiger partial charge in [0.1, 0.15) is 0 Å². The average Bonchev–Trinajstić information content (AvgIpc) is 2.86. The van der Waals surface area contributed by atoms with Crippen LogP contribution in [-0.4, -0.2) is 30.6 Å². The molecule has 0 aromatic heterocycles. The summed E-state index contributed by atoms with van der Waals surface area (Å²) in [5.74, 6) is 0. The molecular formula is C13H18N2O5S. The number of non-ortho nitro benzene ring substituents is 1. The molecule has 1 aromatic carbocycles. The molecule has 0 unspecified atom stereocenters. The Morgan fingerprint density at radius 3 is 2.48 bits per heavy atom. The lowest BCUT2D eigenvalue weighted by Gasteiger charge is -2.27. The summed E-state index contributed by atoms with van der Waals surface area (Å²) in [6.07, 6.45) is 2.91. The molecule has 21 heavy (non-hydrogen) atoms. The minimum Gasteiger partial charge on any atom is -0.394 e. The number of benzene rings is 1.